The Hall–Kier alpha value is -1.49. The van der Waals surface area contributed by atoms with E-state index in [2.05, 4.69) is 17.2 Å². The Balaban J connectivity index is 1.88. The number of halogens is 1. The van der Waals surface area contributed by atoms with E-state index < -0.39 is 5.95 Å². The number of amides is 1. The van der Waals surface area contributed by atoms with Crippen LogP contribution in [0.5, 0.6) is 0 Å². The van der Waals surface area contributed by atoms with Gasteiger partial charge in [-0.25, -0.2) is 4.98 Å². The molecule has 2 unspecified atom stereocenters. The first-order chi connectivity index (χ1) is 8.70. The molecule has 2 atom stereocenters. The average molecular weight is 252 g/mol. The van der Waals surface area contributed by atoms with Gasteiger partial charge in [0.15, 0.2) is 0 Å². The van der Waals surface area contributed by atoms with Gasteiger partial charge >= 0.3 is 0 Å². The Morgan fingerprint density at radius 2 is 2.50 bits per heavy atom. The van der Waals surface area contributed by atoms with Crippen molar-refractivity contribution in [2.24, 2.45) is 5.92 Å². The van der Waals surface area contributed by atoms with Crippen LogP contribution in [0.1, 0.15) is 30.1 Å². The van der Waals surface area contributed by atoms with Gasteiger partial charge < -0.3 is 10.1 Å². The fraction of sp³-hybridized carbons (Fsp3) is 0.538. The third-order valence-electron chi connectivity index (χ3n) is 3.26. The fourth-order valence-electron chi connectivity index (χ4n) is 2.25. The van der Waals surface area contributed by atoms with E-state index in [0.29, 0.717) is 18.0 Å². The van der Waals surface area contributed by atoms with Gasteiger partial charge in [-0.3, -0.25) is 4.79 Å². The van der Waals surface area contributed by atoms with Crippen molar-refractivity contribution in [2.75, 3.05) is 13.2 Å². The molecule has 4 nitrogen and oxygen atoms in total. The molecule has 1 aromatic heterocycles. The lowest BCUT2D eigenvalue weighted by Crippen LogP contribution is -2.32. The molecule has 2 heterocycles. The van der Waals surface area contributed by atoms with E-state index >= 15 is 0 Å². The summed E-state index contributed by atoms with van der Waals surface area (Å²) in [6.07, 6.45) is 3.42. The molecule has 0 spiro atoms. The Morgan fingerprint density at radius 1 is 1.67 bits per heavy atom. The Morgan fingerprint density at radius 3 is 3.22 bits per heavy atom. The van der Waals surface area contributed by atoms with Crippen LogP contribution >= 0.6 is 0 Å². The van der Waals surface area contributed by atoms with Crippen LogP contribution in [0.25, 0.3) is 0 Å². The van der Waals surface area contributed by atoms with Gasteiger partial charge in [0.2, 0.25) is 5.95 Å². The zero-order chi connectivity index (χ0) is 13.0. The van der Waals surface area contributed by atoms with Crippen molar-refractivity contribution in [3.05, 3.63) is 29.8 Å². The van der Waals surface area contributed by atoms with E-state index in [4.69, 9.17) is 4.74 Å². The van der Waals surface area contributed by atoms with Crippen LogP contribution < -0.4 is 5.32 Å². The lowest BCUT2D eigenvalue weighted by molar-refractivity contribution is 0.0826. The Bertz CT molecular complexity index is 425. The molecule has 0 radical (unpaired) electrons. The summed E-state index contributed by atoms with van der Waals surface area (Å²) >= 11 is 0. The van der Waals surface area contributed by atoms with E-state index in [1.807, 2.05) is 0 Å². The maximum Gasteiger partial charge on any atom is 0.251 e. The Labute approximate surface area is 106 Å². The summed E-state index contributed by atoms with van der Waals surface area (Å²) in [5.74, 6) is -0.554. The summed E-state index contributed by atoms with van der Waals surface area (Å²) in [5.41, 5.74) is 0.300. The molecule has 1 aliphatic rings. The first-order valence-corrected chi connectivity index (χ1v) is 6.22. The van der Waals surface area contributed by atoms with Crippen molar-refractivity contribution in [1.82, 2.24) is 10.3 Å². The minimum atomic E-state index is -0.640. The van der Waals surface area contributed by atoms with Gasteiger partial charge in [-0.05, 0) is 18.9 Å². The van der Waals surface area contributed by atoms with Gasteiger partial charge in [-0.15, -0.1) is 0 Å². The minimum absolute atomic E-state index is 0.222. The molecule has 1 aliphatic heterocycles. The van der Waals surface area contributed by atoms with Crippen LogP contribution in [0.4, 0.5) is 4.39 Å². The number of hydrogen-bond acceptors (Lipinski definition) is 3. The number of aromatic nitrogens is 1. The molecule has 0 aromatic carbocycles. The zero-order valence-electron chi connectivity index (χ0n) is 10.4. The second-order valence-electron chi connectivity index (χ2n) is 4.44. The number of hydrogen-bond donors (Lipinski definition) is 1. The monoisotopic (exact) mass is 252 g/mol. The van der Waals surface area contributed by atoms with E-state index in [1.54, 1.807) is 0 Å². The summed E-state index contributed by atoms with van der Waals surface area (Å²) in [7, 11) is 0. The van der Waals surface area contributed by atoms with Crippen molar-refractivity contribution < 1.29 is 13.9 Å². The lowest BCUT2D eigenvalue weighted by Gasteiger charge is -2.17. The highest BCUT2D eigenvalue weighted by molar-refractivity contribution is 5.93. The predicted octanol–water partition coefficient (Wildman–Crippen LogP) is 1.77. The molecule has 18 heavy (non-hydrogen) atoms. The standard InChI is InChI=1S/C13H17FN2O2/c1-2-11-10(4-6-18-11)8-16-13(17)9-3-5-15-12(14)7-9/h3,5,7,10-11H,2,4,6,8H2,1H3,(H,16,17). The van der Waals surface area contributed by atoms with Crippen LogP contribution in [-0.2, 0) is 4.74 Å². The zero-order valence-corrected chi connectivity index (χ0v) is 10.4. The van der Waals surface area contributed by atoms with Crippen molar-refractivity contribution in [3.8, 4) is 0 Å². The number of carbonyl (C=O) groups excluding carboxylic acids is 1. The van der Waals surface area contributed by atoms with E-state index in [0.717, 1.165) is 25.5 Å². The predicted molar refractivity (Wildman–Crippen MR) is 64.7 cm³/mol. The van der Waals surface area contributed by atoms with Gasteiger partial charge in [-0.2, -0.15) is 4.39 Å². The highest BCUT2D eigenvalue weighted by Gasteiger charge is 2.26. The van der Waals surface area contributed by atoms with Crippen LogP contribution in [0.15, 0.2) is 18.3 Å². The maximum atomic E-state index is 12.9. The molecule has 1 N–H and O–H groups in total. The van der Waals surface area contributed by atoms with Gasteiger partial charge in [-0.1, -0.05) is 6.92 Å². The molecule has 1 fully saturated rings. The topological polar surface area (TPSA) is 51.2 Å². The largest absolute Gasteiger partial charge is 0.378 e. The highest BCUT2D eigenvalue weighted by atomic mass is 19.1. The quantitative estimate of drug-likeness (QED) is 0.831. The van der Waals surface area contributed by atoms with Gasteiger partial charge in [0.25, 0.3) is 5.91 Å². The van der Waals surface area contributed by atoms with Crippen molar-refractivity contribution in [2.45, 2.75) is 25.9 Å². The Kier molecular flexibility index (Phi) is 4.25. The van der Waals surface area contributed by atoms with Crippen molar-refractivity contribution in [1.29, 1.82) is 0 Å². The first-order valence-electron chi connectivity index (χ1n) is 6.22. The maximum absolute atomic E-state index is 12.9. The molecule has 1 amide bonds. The number of ether oxygens (including phenoxy) is 1. The molecule has 0 saturated carbocycles. The third-order valence-corrected chi connectivity index (χ3v) is 3.26. The SMILES string of the molecule is CCC1OCCC1CNC(=O)c1ccnc(F)c1. The minimum Gasteiger partial charge on any atom is -0.378 e. The molecular formula is C13H17FN2O2. The summed E-state index contributed by atoms with van der Waals surface area (Å²) in [4.78, 5) is 15.2. The van der Waals surface area contributed by atoms with Gasteiger partial charge in [0.05, 0.1) is 6.10 Å². The second-order valence-corrected chi connectivity index (χ2v) is 4.44. The van der Waals surface area contributed by atoms with Crippen LogP contribution in [0.2, 0.25) is 0 Å². The number of nitrogens with zero attached hydrogens (tertiary/aromatic N) is 1. The molecule has 1 aromatic rings. The summed E-state index contributed by atoms with van der Waals surface area (Å²) in [6, 6.07) is 2.64. The number of pyridine rings is 1. The van der Waals surface area contributed by atoms with E-state index in [1.165, 1.54) is 12.3 Å². The van der Waals surface area contributed by atoms with Crippen molar-refractivity contribution >= 4 is 5.91 Å². The number of nitrogens with one attached hydrogen (secondary N) is 1. The highest BCUT2D eigenvalue weighted by Crippen LogP contribution is 2.22. The summed E-state index contributed by atoms with van der Waals surface area (Å²) in [6.45, 7) is 3.40. The first kappa shape index (κ1) is 13.0. The lowest BCUT2D eigenvalue weighted by atomic mass is 9.99. The smallest absolute Gasteiger partial charge is 0.251 e. The average Bonchev–Trinajstić information content (AvgIpc) is 2.83. The normalized spacial score (nSPS) is 23.0. The second kappa shape index (κ2) is 5.91. The number of rotatable bonds is 4. The fourth-order valence-corrected chi connectivity index (χ4v) is 2.25. The van der Waals surface area contributed by atoms with Crippen LogP contribution in [-0.4, -0.2) is 30.1 Å². The number of carbonyl (C=O) groups is 1. The molecule has 0 aliphatic carbocycles. The van der Waals surface area contributed by atoms with Gasteiger partial charge in [0, 0.05) is 36.9 Å². The molecule has 2 rings (SSSR count). The molecule has 5 heteroatoms. The van der Waals surface area contributed by atoms with Crippen LogP contribution in [0.3, 0.4) is 0 Å². The van der Waals surface area contributed by atoms with E-state index in [-0.39, 0.29) is 12.0 Å². The van der Waals surface area contributed by atoms with Crippen molar-refractivity contribution in [3.63, 3.8) is 0 Å². The van der Waals surface area contributed by atoms with E-state index in [9.17, 15) is 9.18 Å². The molecule has 1 saturated heterocycles. The molecular weight excluding hydrogens is 235 g/mol. The van der Waals surface area contributed by atoms with Crippen LogP contribution in [0, 0.1) is 11.9 Å². The van der Waals surface area contributed by atoms with Gasteiger partial charge in [0.1, 0.15) is 0 Å². The summed E-state index contributed by atoms with van der Waals surface area (Å²) in [5, 5.41) is 2.82. The third kappa shape index (κ3) is 3.04. The molecule has 98 valence electrons. The molecule has 0 bridgehead atoms. The summed E-state index contributed by atoms with van der Waals surface area (Å²) < 4.78 is 18.4.